The number of rotatable bonds is 4. The molecule has 4 nitrogen and oxygen atoms in total. The van der Waals surface area contributed by atoms with Crippen LogP contribution in [0, 0.1) is 0 Å². The topological polar surface area (TPSA) is 49.8 Å². The molecule has 1 rings (SSSR count). The molecule has 0 aromatic carbocycles. The first-order valence-corrected chi connectivity index (χ1v) is 5.18. The van der Waals surface area contributed by atoms with Crippen molar-refractivity contribution in [3.63, 3.8) is 0 Å². The molecule has 0 amide bonds. The van der Waals surface area contributed by atoms with Gasteiger partial charge in [-0.3, -0.25) is 9.69 Å². The number of carbonyl (C=O) groups excluding carboxylic acids is 1. The van der Waals surface area contributed by atoms with Gasteiger partial charge in [0.25, 0.3) is 0 Å². The number of ketones is 1. The van der Waals surface area contributed by atoms with Crippen LogP contribution in [0.5, 0.6) is 0 Å². The second kappa shape index (κ2) is 5.44. The van der Waals surface area contributed by atoms with Crippen LogP contribution in [-0.4, -0.2) is 54.2 Å². The highest BCUT2D eigenvalue weighted by atomic mass is 16.5. The van der Waals surface area contributed by atoms with Crippen LogP contribution in [0.25, 0.3) is 0 Å². The van der Waals surface area contributed by atoms with E-state index in [9.17, 15) is 4.79 Å². The van der Waals surface area contributed by atoms with Crippen LogP contribution in [0.1, 0.15) is 20.3 Å². The van der Waals surface area contributed by atoms with Crippen LogP contribution in [0.3, 0.4) is 0 Å². The summed E-state index contributed by atoms with van der Waals surface area (Å²) in [5, 5.41) is 8.95. The van der Waals surface area contributed by atoms with Crippen LogP contribution in [0.2, 0.25) is 0 Å². The Hall–Kier alpha value is -0.450. The highest BCUT2D eigenvalue weighted by Gasteiger charge is 2.26. The normalized spacial score (nSPS) is 26.1. The van der Waals surface area contributed by atoms with Crippen molar-refractivity contribution in [2.45, 2.75) is 32.4 Å². The van der Waals surface area contributed by atoms with E-state index in [0.29, 0.717) is 19.6 Å². The third-order valence-electron chi connectivity index (χ3n) is 2.74. The minimum absolute atomic E-state index is 0.0313. The Balaban J connectivity index is 2.46. The van der Waals surface area contributed by atoms with Gasteiger partial charge in [0.1, 0.15) is 5.78 Å². The van der Waals surface area contributed by atoms with E-state index < -0.39 is 0 Å². The summed E-state index contributed by atoms with van der Waals surface area (Å²) in [6, 6.07) is -0.0436. The minimum Gasteiger partial charge on any atom is -0.394 e. The van der Waals surface area contributed by atoms with E-state index >= 15 is 0 Å². The molecule has 1 fully saturated rings. The maximum atomic E-state index is 11.5. The molecule has 1 heterocycles. The first-order chi connectivity index (χ1) is 6.69. The number of aliphatic hydroxyl groups excluding tert-OH is 1. The zero-order valence-electron chi connectivity index (χ0n) is 8.90. The second-order valence-corrected chi connectivity index (χ2v) is 3.67. The van der Waals surface area contributed by atoms with E-state index in [4.69, 9.17) is 9.84 Å². The van der Waals surface area contributed by atoms with Gasteiger partial charge in [-0.25, -0.2) is 0 Å². The predicted molar refractivity (Wildman–Crippen MR) is 53.2 cm³/mol. The third-order valence-corrected chi connectivity index (χ3v) is 2.74. The molecule has 1 saturated heterocycles. The zero-order chi connectivity index (χ0) is 10.6. The van der Waals surface area contributed by atoms with Crippen molar-refractivity contribution in [1.82, 2.24) is 4.90 Å². The van der Waals surface area contributed by atoms with Gasteiger partial charge in [0.15, 0.2) is 0 Å². The Bertz CT molecular complexity index is 196. The van der Waals surface area contributed by atoms with Crippen LogP contribution >= 0.6 is 0 Å². The second-order valence-electron chi connectivity index (χ2n) is 3.67. The summed E-state index contributed by atoms with van der Waals surface area (Å²) in [6.45, 7) is 5.87. The van der Waals surface area contributed by atoms with Gasteiger partial charge in [-0.2, -0.15) is 0 Å². The molecule has 82 valence electrons. The van der Waals surface area contributed by atoms with Crippen molar-refractivity contribution in [3.8, 4) is 0 Å². The number of nitrogens with zero attached hydrogens (tertiary/aromatic N) is 1. The largest absolute Gasteiger partial charge is 0.394 e. The minimum atomic E-state index is -0.129. The molecule has 0 aliphatic carbocycles. The average molecular weight is 201 g/mol. The van der Waals surface area contributed by atoms with Crippen molar-refractivity contribution < 1.29 is 14.6 Å². The fourth-order valence-electron chi connectivity index (χ4n) is 1.70. The van der Waals surface area contributed by atoms with Crippen molar-refractivity contribution >= 4 is 5.78 Å². The molecule has 0 bridgehead atoms. The fraction of sp³-hybridized carbons (Fsp3) is 0.900. The van der Waals surface area contributed by atoms with Crippen molar-refractivity contribution in [1.29, 1.82) is 0 Å². The lowest BCUT2D eigenvalue weighted by Crippen LogP contribution is -2.50. The summed E-state index contributed by atoms with van der Waals surface area (Å²) in [5.74, 6) is 0.253. The molecular formula is C10H19NO3. The Kier molecular flexibility index (Phi) is 4.51. The Labute approximate surface area is 84.8 Å². The van der Waals surface area contributed by atoms with Gasteiger partial charge in [0, 0.05) is 19.5 Å². The highest BCUT2D eigenvalue weighted by Crippen LogP contribution is 2.10. The zero-order valence-corrected chi connectivity index (χ0v) is 8.90. The third kappa shape index (κ3) is 2.77. The van der Waals surface area contributed by atoms with Crippen molar-refractivity contribution in [2.24, 2.45) is 0 Å². The monoisotopic (exact) mass is 201 g/mol. The molecule has 1 aliphatic rings. The summed E-state index contributed by atoms with van der Waals surface area (Å²) in [4.78, 5) is 13.5. The molecular weight excluding hydrogens is 182 g/mol. The van der Waals surface area contributed by atoms with Crippen LogP contribution in [0.15, 0.2) is 0 Å². The van der Waals surface area contributed by atoms with Gasteiger partial charge in [0.05, 0.1) is 25.4 Å². The average Bonchev–Trinajstić information content (AvgIpc) is 2.27. The Morgan fingerprint density at radius 3 is 3.00 bits per heavy atom. The van der Waals surface area contributed by atoms with Gasteiger partial charge in [-0.05, 0) is 6.92 Å². The van der Waals surface area contributed by atoms with Crippen LogP contribution in [0.4, 0.5) is 0 Å². The lowest BCUT2D eigenvalue weighted by atomic mass is 10.1. The standard InChI is InChI=1S/C10H19NO3/c1-3-10(13)8(2)11-4-5-14-9(6-11)7-12/h8-9,12H,3-7H2,1-2H3. The Morgan fingerprint density at radius 1 is 1.71 bits per heavy atom. The van der Waals surface area contributed by atoms with Crippen LogP contribution < -0.4 is 0 Å². The fourth-order valence-corrected chi connectivity index (χ4v) is 1.70. The molecule has 0 aromatic rings. The molecule has 0 aromatic heterocycles. The van der Waals surface area contributed by atoms with Gasteiger partial charge in [0.2, 0.25) is 0 Å². The molecule has 0 saturated carbocycles. The van der Waals surface area contributed by atoms with Gasteiger partial charge >= 0.3 is 0 Å². The maximum Gasteiger partial charge on any atom is 0.149 e. The predicted octanol–water partition coefficient (Wildman–Crippen LogP) is 0.0471. The van der Waals surface area contributed by atoms with E-state index in [1.165, 1.54) is 0 Å². The van der Waals surface area contributed by atoms with Gasteiger partial charge in [-0.15, -0.1) is 0 Å². The molecule has 1 N–H and O–H groups in total. The number of Topliss-reactive ketones (excluding diaryl/α,β-unsaturated/α-hetero) is 1. The van der Waals surface area contributed by atoms with E-state index in [2.05, 4.69) is 4.90 Å². The van der Waals surface area contributed by atoms with E-state index in [1.807, 2.05) is 13.8 Å². The summed E-state index contributed by atoms with van der Waals surface area (Å²) in [5.41, 5.74) is 0. The number of carbonyl (C=O) groups is 1. The lowest BCUT2D eigenvalue weighted by molar-refractivity contribution is -0.127. The number of aliphatic hydroxyl groups is 1. The number of morpholine rings is 1. The van der Waals surface area contributed by atoms with E-state index in [0.717, 1.165) is 6.54 Å². The summed E-state index contributed by atoms with van der Waals surface area (Å²) < 4.78 is 5.32. The van der Waals surface area contributed by atoms with Crippen molar-refractivity contribution in [3.05, 3.63) is 0 Å². The number of hydrogen-bond donors (Lipinski definition) is 1. The lowest BCUT2D eigenvalue weighted by Gasteiger charge is -2.35. The maximum absolute atomic E-state index is 11.5. The molecule has 0 spiro atoms. The highest BCUT2D eigenvalue weighted by molar-refractivity contribution is 5.83. The number of hydrogen-bond acceptors (Lipinski definition) is 4. The Morgan fingerprint density at radius 2 is 2.43 bits per heavy atom. The smallest absolute Gasteiger partial charge is 0.149 e. The molecule has 0 radical (unpaired) electrons. The van der Waals surface area contributed by atoms with E-state index in [-0.39, 0.29) is 24.5 Å². The van der Waals surface area contributed by atoms with Crippen LogP contribution in [-0.2, 0) is 9.53 Å². The first kappa shape index (κ1) is 11.6. The molecule has 14 heavy (non-hydrogen) atoms. The summed E-state index contributed by atoms with van der Waals surface area (Å²) >= 11 is 0. The molecule has 1 aliphatic heterocycles. The molecule has 2 unspecified atom stereocenters. The van der Waals surface area contributed by atoms with Crippen molar-refractivity contribution in [2.75, 3.05) is 26.3 Å². The van der Waals surface area contributed by atoms with Gasteiger partial charge in [-0.1, -0.05) is 6.92 Å². The van der Waals surface area contributed by atoms with Gasteiger partial charge < -0.3 is 9.84 Å². The number of ether oxygens (including phenoxy) is 1. The first-order valence-electron chi connectivity index (χ1n) is 5.18. The van der Waals surface area contributed by atoms with E-state index in [1.54, 1.807) is 0 Å². The molecule has 2 atom stereocenters. The summed E-state index contributed by atoms with van der Waals surface area (Å²) in [7, 11) is 0. The molecule has 4 heteroatoms. The quantitative estimate of drug-likeness (QED) is 0.698. The SMILES string of the molecule is CCC(=O)C(C)N1CCOC(CO)C1. The summed E-state index contributed by atoms with van der Waals surface area (Å²) in [6.07, 6.45) is 0.443.